The number of benzene rings is 5. The summed E-state index contributed by atoms with van der Waals surface area (Å²) in [6, 6.07) is 22.1. The van der Waals surface area contributed by atoms with Gasteiger partial charge in [0, 0.05) is 32.5 Å². The third-order valence-electron chi connectivity index (χ3n) is 6.37. The molecule has 0 atom stereocenters. The maximum atomic E-state index is 13.7. The molecule has 0 saturated heterocycles. The molecule has 1 amide bonds. The van der Waals surface area contributed by atoms with Crippen LogP contribution in [0.4, 0.5) is 5.69 Å². The fraction of sp³-hybridized carbons (Fsp3) is 0. The minimum atomic E-state index is -0.528. The molecule has 7 heteroatoms. The number of H-pyrrole nitrogens is 1. The number of amides is 1. The van der Waals surface area contributed by atoms with E-state index in [0.29, 0.717) is 16.3 Å². The van der Waals surface area contributed by atoms with Crippen molar-refractivity contribution in [3.05, 3.63) is 132 Å². The first-order chi connectivity index (χ1) is 17.4. The van der Waals surface area contributed by atoms with Crippen LogP contribution in [-0.4, -0.2) is 10.9 Å². The van der Waals surface area contributed by atoms with E-state index in [1.807, 2.05) is 0 Å². The largest absolute Gasteiger partial charge is 0.321 e. The maximum Gasteiger partial charge on any atom is 0.255 e. The van der Waals surface area contributed by atoms with Crippen LogP contribution < -0.4 is 27.2 Å². The van der Waals surface area contributed by atoms with Crippen molar-refractivity contribution in [2.45, 2.75) is 0 Å². The molecule has 0 saturated carbocycles. The summed E-state index contributed by atoms with van der Waals surface area (Å²) in [4.78, 5) is 69.6. The van der Waals surface area contributed by atoms with Crippen LogP contribution in [0.25, 0.3) is 43.2 Å². The lowest BCUT2D eigenvalue weighted by Crippen LogP contribution is -2.19. The Morgan fingerprint density at radius 1 is 0.611 bits per heavy atom. The van der Waals surface area contributed by atoms with E-state index in [0.717, 1.165) is 0 Å². The van der Waals surface area contributed by atoms with Gasteiger partial charge in [0.15, 0.2) is 16.3 Å². The van der Waals surface area contributed by atoms with Crippen LogP contribution in [0.1, 0.15) is 10.4 Å². The van der Waals surface area contributed by atoms with Gasteiger partial charge in [-0.3, -0.25) is 24.0 Å². The van der Waals surface area contributed by atoms with Crippen LogP contribution in [0.5, 0.6) is 0 Å². The Hall–Kier alpha value is -5.17. The number of carbonyl (C=O) groups is 1. The number of hydrogen-bond donors (Lipinski definition) is 2. The summed E-state index contributed by atoms with van der Waals surface area (Å²) in [6.45, 7) is 0. The summed E-state index contributed by atoms with van der Waals surface area (Å²) in [7, 11) is 0. The molecule has 5 aromatic carbocycles. The minimum absolute atomic E-state index is 0.00144. The van der Waals surface area contributed by atoms with E-state index in [1.54, 1.807) is 42.5 Å². The summed E-state index contributed by atoms with van der Waals surface area (Å²) < 4.78 is 0. The fourth-order valence-corrected chi connectivity index (χ4v) is 4.60. The SMILES string of the molecule is O=C(Nc1cc2c(=O)c3ccc(cc3)c(=O)[nH]c2c2c(=O)c3ccccc3c(=O)c12)c1ccccc1. The predicted molar refractivity (Wildman–Crippen MR) is 141 cm³/mol. The lowest BCUT2D eigenvalue weighted by atomic mass is 9.98. The van der Waals surface area contributed by atoms with E-state index in [4.69, 9.17) is 0 Å². The van der Waals surface area contributed by atoms with E-state index in [2.05, 4.69) is 10.3 Å². The van der Waals surface area contributed by atoms with Crippen molar-refractivity contribution in [1.29, 1.82) is 0 Å². The van der Waals surface area contributed by atoms with Gasteiger partial charge < -0.3 is 10.3 Å². The normalized spacial score (nSPS) is 11.3. The number of aromatic nitrogens is 1. The fourth-order valence-electron chi connectivity index (χ4n) is 4.60. The lowest BCUT2D eigenvalue weighted by molar-refractivity contribution is 0.102. The number of rotatable bonds is 2. The molecule has 2 N–H and O–H groups in total. The first kappa shape index (κ1) is 21.4. The molecule has 2 heterocycles. The van der Waals surface area contributed by atoms with Gasteiger partial charge in [0.1, 0.15) is 0 Å². The van der Waals surface area contributed by atoms with Crippen molar-refractivity contribution in [2.24, 2.45) is 0 Å². The zero-order valence-corrected chi connectivity index (χ0v) is 18.6. The molecular formula is C29H16N2O5. The van der Waals surface area contributed by atoms with Crippen LogP contribution in [0.3, 0.4) is 0 Å². The van der Waals surface area contributed by atoms with Gasteiger partial charge in [-0.2, -0.15) is 0 Å². The molecule has 0 unspecified atom stereocenters. The van der Waals surface area contributed by atoms with E-state index in [-0.39, 0.29) is 38.1 Å². The van der Waals surface area contributed by atoms with Crippen LogP contribution in [0.15, 0.2) is 104 Å². The molecule has 2 aromatic heterocycles. The van der Waals surface area contributed by atoms with E-state index < -0.39 is 27.8 Å². The Balaban J connectivity index is 1.87. The standard InChI is InChI=1S/C29H16N2O5/c32-25-15-10-12-17(13-11-15)29(36)31-24-20(25)14-21(30-28(35)16-6-2-1-3-7-16)22-23(24)27(34)19-9-5-4-8-18(19)26(22)33/h1-14H,(H,30,35)(H,31,36). The Bertz CT molecular complexity index is 2100. The third kappa shape index (κ3) is 3.18. The summed E-state index contributed by atoms with van der Waals surface area (Å²) in [6.07, 6.45) is 0. The zero-order valence-electron chi connectivity index (χ0n) is 18.6. The average molecular weight is 472 g/mol. The molecule has 7 aromatic rings. The highest BCUT2D eigenvalue weighted by atomic mass is 16.2. The number of nitrogens with one attached hydrogen (secondary N) is 2. The van der Waals surface area contributed by atoms with Gasteiger partial charge in [-0.1, -0.05) is 54.6 Å². The van der Waals surface area contributed by atoms with Crippen LogP contribution in [-0.2, 0) is 0 Å². The average Bonchev–Trinajstić information content (AvgIpc) is 2.99. The van der Waals surface area contributed by atoms with Crippen LogP contribution in [0.2, 0.25) is 0 Å². The Morgan fingerprint density at radius 2 is 1.19 bits per heavy atom. The second kappa shape index (κ2) is 7.95. The zero-order chi connectivity index (χ0) is 25.0. The molecule has 0 radical (unpaired) electrons. The monoisotopic (exact) mass is 472 g/mol. The maximum absolute atomic E-state index is 13.7. The smallest absolute Gasteiger partial charge is 0.255 e. The topological polar surface area (TPSA) is 113 Å². The molecular weight excluding hydrogens is 456 g/mol. The molecule has 0 aliphatic rings. The van der Waals surface area contributed by atoms with Crippen molar-refractivity contribution >= 4 is 54.8 Å². The Labute approximate surface area is 201 Å². The van der Waals surface area contributed by atoms with Crippen molar-refractivity contribution in [3.8, 4) is 0 Å². The molecule has 7 nitrogen and oxygen atoms in total. The first-order valence-corrected chi connectivity index (χ1v) is 11.2. The van der Waals surface area contributed by atoms with Crippen LogP contribution >= 0.6 is 0 Å². The summed E-state index contributed by atoms with van der Waals surface area (Å²) in [5.74, 6) is -0.514. The molecule has 0 aliphatic carbocycles. The minimum Gasteiger partial charge on any atom is -0.321 e. The second-order valence-electron chi connectivity index (χ2n) is 8.48. The third-order valence-corrected chi connectivity index (χ3v) is 6.37. The molecule has 0 fully saturated rings. The van der Waals surface area contributed by atoms with Crippen molar-refractivity contribution in [1.82, 2.24) is 4.98 Å². The van der Waals surface area contributed by atoms with Gasteiger partial charge in [0.05, 0.1) is 22.0 Å². The van der Waals surface area contributed by atoms with Crippen LogP contribution in [0, 0.1) is 0 Å². The Morgan fingerprint density at radius 3 is 1.86 bits per heavy atom. The van der Waals surface area contributed by atoms with E-state index in [9.17, 15) is 24.0 Å². The lowest BCUT2D eigenvalue weighted by Gasteiger charge is -2.11. The number of anilines is 1. The van der Waals surface area contributed by atoms with Gasteiger partial charge in [-0.05, 0) is 30.3 Å². The van der Waals surface area contributed by atoms with Gasteiger partial charge in [0.25, 0.3) is 11.5 Å². The molecule has 0 aliphatic heterocycles. The second-order valence-corrected chi connectivity index (χ2v) is 8.48. The van der Waals surface area contributed by atoms with Gasteiger partial charge in [-0.25, -0.2) is 0 Å². The molecule has 0 spiro atoms. The quantitative estimate of drug-likeness (QED) is 0.373. The Kier molecular flexibility index (Phi) is 4.72. The highest BCUT2D eigenvalue weighted by molar-refractivity contribution is 6.18. The van der Waals surface area contributed by atoms with Crippen molar-refractivity contribution in [2.75, 3.05) is 5.32 Å². The molecule has 36 heavy (non-hydrogen) atoms. The number of hydrogen-bond acceptors (Lipinski definition) is 5. The van der Waals surface area contributed by atoms with Crippen molar-refractivity contribution < 1.29 is 4.79 Å². The summed E-state index contributed by atoms with van der Waals surface area (Å²) >= 11 is 0. The number of carbonyl (C=O) groups excluding carboxylic acids is 1. The van der Waals surface area contributed by atoms with E-state index >= 15 is 0 Å². The van der Waals surface area contributed by atoms with Gasteiger partial charge in [0.2, 0.25) is 0 Å². The number of aromatic amines is 1. The van der Waals surface area contributed by atoms with Gasteiger partial charge in [-0.15, -0.1) is 0 Å². The van der Waals surface area contributed by atoms with E-state index in [1.165, 1.54) is 42.5 Å². The first-order valence-electron chi connectivity index (χ1n) is 11.2. The van der Waals surface area contributed by atoms with Crippen molar-refractivity contribution in [3.63, 3.8) is 0 Å². The molecule has 2 bridgehead atoms. The summed E-state index contributed by atoms with van der Waals surface area (Å²) in [5.41, 5.74) is -1.71. The summed E-state index contributed by atoms with van der Waals surface area (Å²) in [5, 5.41) is 3.45. The highest BCUT2D eigenvalue weighted by Gasteiger charge is 2.20. The highest BCUT2D eigenvalue weighted by Crippen LogP contribution is 2.27. The molecule has 172 valence electrons. The number of fused-ring (bicyclic) bond motifs is 5. The van der Waals surface area contributed by atoms with Gasteiger partial charge >= 0.3 is 0 Å². The molecule has 7 rings (SSSR count). The predicted octanol–water partition coefficient (Wildman–Crippen LogP) is 3.76.